The molecule has 3 heteroatoms. The second-order valence-corrected chi connectivity index (χ2v) is 8.30. The minimum Gasteiger partial charge on any atom is -0.341 e. The Morgan fingerprint density at radius 2 is 1.68 bits per heavy atom. The topological polar surface area (TPSA) is 23.6 Å². The number of carbonyl (C=O) groups is 1. The van der Waals surface area contributed by atoms with Crippen molar-refractivity contribution in [2.24, 2.45) is 0 Å². The van der Waals surface area contributed by atoms with Crippen molar-refractivity contribution in [2.45, 2.75) is 44.9 Å². The van der Waals surface area contributed by atoms with Crippen molar-refractivity contribution >= 4 is 5.91 Å². The number of fused-ring (bicyclic) bond motifs is 1. The first-order valence-electron chi connectivity index (χ1n) is 10.9. The van der Waals surface area contributed by atoms with Crippen LogP contribution in [-0.4, -0.2) is 48.4 Å². The van der Waals surface area contributed by atoms with Gasteiger partial charge in [-0.2, -0.15) is 0 Å². The van der Waals surface area contributed by atoms with E-state index in [0.717, 1.165) is 45.6 Å². The van der Waals surface area contributed by atoms with E-state index in [4.69, 9.17) is 0 Å². The summed E-state index contributed by atoms with van der Waals surface area (Å²) in [6.45, 7) is 5.01. The average Bonchev–Trinajstić information content (AvgIpc) is 3.05. The molecule has 0 atom stereocenters. The maximum atomic E-state index is 12.8. The largest absolute Gasteiger partial charge is 0.341 e. The molecule has 1 fully saturated rings. The third kappa shape index (κ3) is 5.02. The Morgan fingerprint density at radius 1 is 0.821 bits per heavy atom. The van der Waals surface area contributed by atoms with E-state index in [1.807, 2.05) is 0 Å². The predicted molar refractivity (Wildman–Crippen MR) is 115 cm³/mol. The maximum Gasteiger partial charge on any atom is 0.227 e. The molecule has 0 bridgehead atoms. The van der Waals surface area contributed by atoms with Gasteiger partial charge in [-0.3, -0.25) is 4.79 Å². The van der Waals surface area contributed by atoms with Crippen molar-refractivity contribution in [3.63, 3.8) is 0 Å². The molecule has 1 heterocycles. The van der Waals surface area contributed by atoms with Gasteiger partial charge in [0.15, 0.2) is 0 Å². The lowest BCUT2D eigenvalue weighted by Crippen LogP contribution is -2.36. The first-order valence-corrected chi connectivity index (χ1v) is 10.9. The van der Waals surface area contributed by atoms with Crippen LogP contribution in [0.4, 0.5) is 0 Å². The molecule has 0 radical (unpaired) electrons. The minimum absolute atomic E-state index is 0.295. The monoisotopic (exact) mass is 376 g/mol. The Balaban J connectivity index is 1.23. The molecule has 0 spiro atoms. The van der Waals surface area contributed by atoms with Gasteiger partial charge in [0.2, 0.25) is 5.91 Å². The smallest absolute Gasteiger partial charge is 0.227 e. The van der Waals surface area contributed by atoms with Crippen LogP contribution in [-0.2, 0) is 30.5 Å². The molecule has 1 aliphatic carbocycles. The van der Waals surface area contributed by atoms with Gasteiger partial charge in [-0.05, 0) is 73.9 Å². The summed E-state index contributed by atoms with van der Waals surface area (Å²) in [6.07, 6.45) is 7.61. The van der Waals surface area contributed by atoms with Crippen LogP contribution in [0.2, 0.25) is 0 Å². The number of hydrogen-bond donors (Lipinski definition) is 0. The van der Waals surface area contributed by atoms with Gasteiger partial charge in [-0.15, -0.1) is 0 Å². The lowest BCUT2D eigenvalue weighted by atomic mass is 10.0. The van der Waals surface area contributed by atoms with E-state index in [2.05, 4.69) is 58.3 Å². The molecule has 1 aliphatic heterocycles. The molecule has 0 saturated carbocycles. The van der Waals surface area contributed by atoms with Crippen LogP contribution in [0.25, 0.3) is 0 Å². The molecule has 2 aliphatic rings. The van der Waals surface area contributed by atoms with Gasteiger partial charge in [-0.25, -0.2) is 0 Å². The number of carbonyl (C=O) groups excluding carboxylic acids is 1. The normalized spacial score (nSPS) is 17.4. The van der Waals surface area contributed by atoms with E-state index < -0.39 is 0 Å². The molecular weight excluding hydrogens is 344 g/mol. The van der Waals surface area contributed by atoms with Crippen molar-refractivity contribution in [3.05, 3.63) is 70.8 Å². The van der Waals surface area contributed by atoms with E-state index in [0.29, 0.717) is 12.3 Å². The highest BCUT2D eigenvalue weighted by molar-refractivity contribution is 5.79. The van der Waals surface area contributed by atoms with Gasteiger partial charge in [0, 0.05) is 19.6 Å². The van der Waals surface area contributed by atoms with Gasteiger partial charge < -0.3 is 9.80 Å². The third-order valence-corrected chi connectivity index (χ3v) is 6.24. The van der Waals surface area contributed by atoms with Crippen LogP contribution in [0.3, 0.4) is 0 Å². The maximum absolute atomic E-state index is 12.8. The number of amides is 1. The van der Waals surface area contributed by atoms with E-state index in [-0.39, 0.29) is 0 Å². The highest BCUT2D eigenvalue weighted by atomic mass is 16.2. The molecule has 0 N–H and O–H groups in total. The Kier molecular flexibility index (Phi) is 6.43. The van der Waals surface area contributed by atoms with Crippen molar-refractivity contribution < 1.29 is 4.79 Å². The Bertz CT molecular complexity index is 786. The summed E-state index contributed by atoms with van der Waals surface area (Å²) in [5.74, 6) is 0.295. The van der Waals surface area contributed by atoms with Gasteiger partial charge in [0.25, 0.3) is 0 Å². The zero-order valence-corrected chi connectivity index (χ0v) is 16.9. The number of rotatable bonds is 6. The molecule has 28 heavy (non-hydrogen) atoms. The average molecular weight is 377 g/mol. The first kappa shape index (κ1) is 19.2. The van der Waals surface area contributed by atoms with Crippen LogP contribution < -0.4 is 0 Å². The fourth-order valence-electron chi connectivity index (χ4n) is 4.62. The van der Waals surface area contributed by atoms with Crippen molar-refractivity contribution in [3.8, 4) is 0 Å². The number of nitrogens with zero attached hydrogens (tertiary/aromatic N) is 2. The summed E-state index contributed by atoms with van der Waals surface area (Å²) in [7, 11) is 0. The summed E-state index contributed by atoms with van der Waals surface area (Å²) < 4.78 is 0. The van der Waals surface area contributed by atoms with E-state index >= 15 is 0 Å². The van der Waals surface area contributed by atoms with Crippen LogP contribution >= 0.6 is 0 Å². The molecule has 3 nitrogen and oxygen atoms in total. The van der Waals surface area contributed by atoms with Gasteiger partial charge in [0.1, 0.15) is 0 Å². The van der Waals surface area contributed by atoms with Crippen LogP contribution in [0.5, 0.6) is 0 Å². The summed E-state index contributed by atoms with van der Waals surface area (Å²) >= 11 is 0. The Hall–Kier alpha value is -2.13. The second kappa shape index (κ2) is 9.38. The second-order valence-electron chi connectivity index (χ2n) is 8.30. The standard InChI is InChI=1S/C25H32N2O/c28-25(20-22-12-13-23-10-4-11-24(23)19-22)27-16-6-15-26(17-18-27)14-5-9-21-7-2-1-3-8-21/h1-3,7-8,12-13,19H,4-6,9-11,14-18,20H2. The predicted octanol–water partition coefficient (Wildman–Crippen LogP) is 3.88. The first-order chi connectivity index (χ1) is 13.8. The van der Waals surface area contributed by atoms with Gasteiger partial charge >= 0.3 is 0 Å². The Labute approximate surface area is 169 Å². The third-order valence-electron chi connectivity index (χ3n) is 6.24. The van der Waals surface area contributed by atoms with Gasteiger partial charge in [-0.1, -0.05) is 48.5 Å². The number of aryl methyl sites for hydroxylation is 3. The molecule has 0 aromatic heterocycles. The Morgan fingerprint density at radius 3 is 2.57 bits per heavy atom. The summed E-state index contributed by atoms with van der Waals surface area (Å²) in [5.41, 5.74) is 5.56. The fourth-order valence-corrected chi connectivity index (χ4v) is 4.62. The fraction of sp³-hybridized carbons (Fsp3) is 0.480. The van der Waals surface area contributed by atoms with E-state index in [1.54, 1.807) is 0 Å². The molecule has 4 rings (SSSR count). The number of hydrogen-bond acceptors (Lipinski definition) is 2. The van der Waals surface area contributed by atoms with Crippen LogP contribution in [0.15, 0.2) is 48.5 Å². The lowest BCUT2D eigenvalue weighted by molar-refractivity contribution is -0.130. The molecule has 1 saturated heterocycles. The summed E-state index contributed by atoms with van der Waals surface area (Å²) in [6, 6.07) is 17.4. The van der Waals surface area contributed by atoms with Crippen molar-refractivity contribution in [2.75, 3.05) is 32.7 Å². The highest BCUT2D eigenvalue weighted by Crippen LogP contribution is 2.23. The van der Waals surface area contributed by atoms with Crippen molar-refractivity contribution in [1.82, 2.24) is 9.80 Å². The van der Waals surface area contributed by atoms with Crippen LogP contribution in [0.1, 0.15) is 41.5 Å². The summed E-state index contributed by atoms with van der Waals surface area (Å²) in [5, 5.41) is 0. The molecule has 0 unspecified atom stereocenters. The molecule has 2 aromatic carbocycles. The highest BCUT2D eigenvalue weighted by Gasteiger charge is 2.20. The van der Waals surface area contributed by atoms with Crippen molar-refractivity contribution in [1.29, 1.82) is 0 Å². The quantitative estimate of drug-likeness (QED) is 0.764. The molecule has 1 amide bonds. The lowest BCUT2D eigenvalue weighted by Gasteiger charge is -2.22. The molecule has 148 valence electrons. The molecule has 2 aromatic rings. The SMILES string of the molecule is O=C(Cc1ccc2c(c1)CCC2)N1CCCN(CCCc2ccccc2)CC1. The van der Waals surface area contributed by atoms with Crippen LogP contribution in [0, 0.1) is 0 Å². The molecular formula is C25H32N2O. The number of benzene rings is 2. The van der Waals surface area contributed by atoms with Gasteiger partial charge in [0.05, 0.1) is 6.42 Å². The summed E-state index contributed by atoms with van der Waals surface area (Å²) in [4.78, 5) is 17.5. The zero-order valence-electron chi connectivity index (χ0n) is 16.9. The zero-order chi connectivity index (χ0) is 19.2. The minimum atomic E-state index is 0.295. The van der Waals surface area contributed by atoms with E-state index in [1.165, 1.54) is 47.9 Å². The van der Waals surface area contributed by atoms with E-state index in [9.17, 15) is 4.79 Å².